The lowest BCUT2D eigenvalue weighted by molar-refractivity contribution is 0.179. The molecule has 0 saturated carbocycles. The molecular weight excluding hydrogens is 244 g/mol. The van der Waals surface area contributed by atoms with Crippen molar-refractivity contribution in [3.05, 3.63) is 23.4 Å². The van der Waals surface area contributed by atoms with Gasteiger partial charge >= 0.3 is 0 Å². The second-order valence-electron chi connectivity index (χ2n) is 3.88. The molecule has 0 aliphatic carbocycles. The van der Waals surface area contributed by atoms with Crippen LogP contribution in [0.2, 0.25) is 5.02 Å². The predicted molar refractivity (Wildman–Crippen MR) is 69.1 cm³/mol. The van der Waals surface area contributed by atoms with Crippen LogP contribution in [-0.2, 0) is 0 Å². The first-order chi connectivity index (χ1) is 7.59. The molecule has 5 heteroatoms. The monoisotopic (exact) mass is 260 g/mol. The van der Waals surface area contributed by atoms with E-state index in [1.54, 1.807) is 18.0 Å². The highest BCUT2D eigenvalue weighted by atomic mass is 35.5. The van der Waals surface area contributed by atoms with Gasteiger partial charge in [0.15, 0.2) is 0 Å². The van der Waals surface area contributed by atoms with Gasteiger partial charge in [-0.2, -0.15) is 0 Å². The SMILES string of the molecule is CNC(C)(CO)CCSc1ccc(Cl)cn1. The van der Waals surface area contributed by atoms with E-state index in [-0.39, 0.29) is 12.1 Å². The molecule has 0 spiro atoms. The van der Waals surface area contributed by atoms with E-state index < -0.39 is 0 Å². The van der Waals surface area contributed by atoms with Crippen LogP contribution < -0.4 is 5.32 Å². The van der Waals surface area contributed by atoms with Gasteiger partial charge in [-0.25, -0.2) is 4.98 Å². The summed E-state index contributed by atoms with van der Waals surface area (Å²) in [7, 11) is 1.86. The smallest absolute Gasteiger partial charge is 0.0960 e. The van der Waals surface area contributed by atoms with Gasteiger partial charge in [-0.3, -0.25) is 0 Å². The zero-order valence-electron chi connectivity index (χ0n) is 9.53. The summed E-state index contributed by atoms with van der Waals surface area (Å²) >= 11 is 7.41. The average Bonchev–Trinajstić information content (AvgIpc) is 2.31. The van der Waals surface area contributed by atoms with Crippen molar-refractivity contribution in [3.8, 4) is 0 Å². The lowest BCUT2D eigenvalue weighted by Crippen LogP contribution is -2.43. The number of pyridine rings is 1. The maximum absolute atomic E-state index is 9.21. The first-order valence-corrected chi connectivity index (χ1v) is 6.50. The van der Waals surface area contributed by atoms with Crippen LogP contribution in [0.25, 0.3) is 0 Å². The molecule has 2 N–H and O–H groups in total. The summed E-state index contributed by atoms with van der Waals surface area (Å²) in [5.74, 6) is 0.909. The van der Waals surface area contributed by atoms with Crippen molar-refractivity contribution in [1.29, 1.82) is 0 Å². The third-order valence-electron chi connectivity index (χ3n) is 2.56. The first-order valence-electron chi connectivity index (χ1n) is 5.14. The topological polar surface area (TPSA) is 45.1 Å². The van der Waals surface area contributed by atoms with Gasteiger partial charge in [0.2, 0.25) is 0 Å². The van der Waals surface area contributed by atoms with Crippen molar-refractivity contribution in [2.75, 3.05) is 19.4 Å². The van der Waals surface area contributed by atoms with Gasteiger partial charge in [0.25, 0.3) is 0 Å². The van der Waals surface area contributed by atoms with Crippen molar-refractivity contribution in [2.24, 2.45) is 0 Å². The molecule has 1 atom stereocenters. The lowest BCUT2D eigenvalue weighted by Gasteiger charge is -2.26. The van der Waals surface area contributed by atoms with Crippen LogP contribution in [0.1, 0.15) is 13.3 Å². The largest absolute Gasteiger partial charge is 0.394 e. The molecule has 16 heavy (non-hydrogen) atoms. The molecule has 0 fully saturated rings. The highest BCUT2D eigenvalue weighted by molar-refractivity contribution is 7.99. The van der Waals surface area contributed by atoms with E-state index in [0.717, 1.165) is 17.2 Å². The number of thioether (sulfide) groups is 1. The molecule has 0 aliphatic rings. The maximum atomic E-state index is 9.21. The molecule has 1 unspecified atom stereocenters. The van der Waals surface area contributed by atoms with E-state index >= 15 is 0 Å². The quantitative estimate of drug-likeness (QED) is 0.770. The third-order valence-corrected chi connectivity index (χ3v) is 3.73. The van der Waals surface area contributed by atoms with Gasteiger partial charge in [-0.1, -0.05) is 11.6 Å². The number of hydrogen-bond acceptors (Lipinski definition) is 4. The van der Waals surface area contributed by atoms with Crippen LogP contribution in [-0.4, -0.2) is 35.0 Å². The predicted octanol–water partition coefficient (Wildman–Crippen LogP) is 2.19. The summed E-state index contributed by atoms with van der Waals surface area (Å²) < 4.78 is 0. The Morgan fingerprint density at radius 3 is 2.81 bits per heavy atom. The van der Waals surface area contributed by atoms with E-state index in [2.05, 4.69) is 10.3 Å². The molecule has 0 bridgehead atoms. The molecule has 1 aromatic rings. The number of nitrogens with one attached hydrogen (secondary N) is 1. The van der Waals surface area contributed by atoms with Crippen LogP contribution >= 0.6 is 23.4 Å². The third kappa shape index (κ3) is 4.29. The number of halogens is 1. The Labute approximate surface area is 106 Å². The molecule has 1 heterocycles. The van der Waals surface area contributed by atoms with Gasteiger partial charge in [0.05, 0.1) is 16.7 Å². The standard InChI is InChI=1S/C11H17ClN2OS/c1-11(8-15,13-2)5-6-16-10-4-3-9(12)7-14-10/h3-4,7,13,15H,5-6,8H2,1-2H3. The van der Waals surface area contributed by atoms with E-state index in [1.165, 1.54) is 0 Å². The van der Waals surface area contributed by atoms with E-state index in [9.17, 15) is 5.11 Å². The fraction of sp³-hybridized carbons (Fsp3) is 0.545. The van der Waals surface area contributed by atoms with Crippen LogP contribution in [0.15, 0.2) is 23.4 Å². The molecule has 0 aromatic carbocycles. The number of hydrogen-bond donors (Lipinski definition) is 2. The minimum atomic E-state index is -0.209. The summed E-state index contributed by atoms with van der Waals surface area (Å²) in [5, 5.41) is 13.9. The number of aromatic nitrogens is 1. The summed E-state index contributed by atoms with van der Waals surface area (Å²) in [4.78, 5) is 4.20. The van der Waals surface area contributed by atoms with Crippen molar-refractivity contribution >= 4 is 23.4 Å². The van der Waals surface area contributed by atoms with Gasteiger partial charge in [0, 0.05) is 17.5 Å². The Kier molecular flexibility index (Phi) is 5.55. The molecule has 0 radical (unpaired) electrons. The van der Waals surface area contributed by atoms with E-state index in [4.69, 9.17) is 11.6 Å². The lowest BCUT2D eigenvalue weighted by atomic mass is 10.0. The first kappa shape index (κ1) is 13.8. The molecule has 1 rings (SSSR count). The number of rotatable bonds is 6. The van der Waals surface area contributed by atoms with Crippen molar-refractivity contribution in [3.63, 3.8) is 0 Å². The van der Waals surface area contributed by atoms with Crippen LogP contribution in [0, 0.1) is 0 Å². The normalized spacial score (nSPS) is 14.8. The minimum Gasteiger partial charge on any atom is -0.394 e. The Morgan fingerprint density at radius 2 is 2.31 bits per heavy atom. The van der Waals surface area contributed by atoms with Crippen LogP contribution in [0.5, 0.6) is 0 Å². The molecule has 0 amide bonds. The van der Waals surface area contributed by atoms with Gasteiger partial charge < -0.3 is 10.4 Å². The summed E-state index contributed by atoms with van der Waals surface area (Å²) in [6.07, 6.45) is 2.53. The Balaban J connectivity index is 2.38. The number of aliphatic hydroxyl groups is 1. The van der Waals surface area contributed by atoms with Crippen molar-refractivity contribution in [1.82, 2.24) is 10.3 Å². The van der Waals surface area contributed by atoms with E-state index in [1.807, 2.05) is 26.1 Å². The molecule has 1 aromatic heterocycles. The minimum absolute atomic E-state index is 0.137. The molecular formula is C11H17ClN2OS. The van der Waals surface area contributed by atoms with Crippen molar-refractivity contribution in [2.45, 2.75) is 23.9 Å². The zero-order chi connectivity index (χ0) is 12.0. The zero-order valence-corrected chi connectivity index (χ0v) is 11.1. The maximum Gasteiger partial charge on any atom is 0.0960 e. The van der Waals surface area contributed by atoms with Gasteiger partial charge in [-0.05, 0) is 32.5 Å². The molecule has 3 nitrogen and oxygen atoms in total. The second kappa shape index (κ2) is 6.45. The van der Waals surface area contributed by atoms with E-state index in [0.29, 0.717) is 5.02 Å². The van der Waals surface area contributed by atoms with Gasteiger partial charge in [-0.15, -0.1) is 11.8 Å². The Morgan fingerprint density at radius 1 is 1.56 bits per heavy atom. The average molecular weight is 261 g/mol. The Bertz CT molecular complexity index is 314. The fourth-order valence-electron chi connectivity index (χ4n) is 1.11. The summed E-state index contributed by atoms with van der Waals surface area (Å²) in [5.41, 5.74) is -0.209. The van der Waals surface area contributed by atoms with Crippen LogP contribution in [0.4, 0.5) is 0 Å². The number of likely N-dealkylation sites (N-methyl/N-ethyl adjacent to an activating group) is 1. The number of nitrogens with zero attached hydrogens (tertiary/aromatic N) is 1. The molecule has 0 aliphatic heterocycles. The highest BCUT2D eigenvalue weighted by Gasteiger charge is 2.19. The Hall–Kier alpha value is -0.290. The van der Waals surface area contributed by atoms with Crippen LogP contribution in [0.3, 0.4) is 0 Å². The highest BCUT2D eigenvalue weighted by Crippen LogP contribution is 2.20. The summed E-state index contributed by atoms with van der Waals surface area (Å²) in [6, 6.07) is 3.74. The second-order valence-corrected chi connectivity index (χ2v) is 5.43. The molecule has 90 valence electrons. The van der Waals surface area contributed by atoms with Crippen molar-refractivity contribution < 1.29 is 5.11 Å². The molecule has 0 saturated heterocycles. The number of aliphatic hydroxyl groups excluding tert-OH is 1. The fourth-order valence-corrected chi connectivity index (χ4v) is 2.28. The summed E-state index contributed by atoms with van der Waals surface area (Å²) in [6.45, 7) is 2.14. The van der Waals surface area contributed by atoms with Gasteiger partial charge in [0.1, 0.15) is 0 Å².